The molecule has 1 nitrogen and oxygen atoms in total. The van der Waals surface area contributed by atoms with Crippen LogP contribution in [0.2, 0.25) is 0 Å². The van der Waals surface area contributed by atoms with Crippen LogP contribution in [0, 0.1) is 5.92 Å². The maximum atomic E-state index is 2.63. The quantitative estimate of drug-likeness (QED) is 0.536. The molecule has 0 amide bonds. The zero-order valence-corrected chi connectivity index (χ0v) is 8.42. The Morgan fingerprint density at radius 1 is 1.00 bits per heavy atom. The molecule has 1 saturated carbocycles. The van der Waals surface area contributed by atoms with E-state index in [0.29, 0.717) is 0 Å². The molecule has 12 heavy (non-hydrogen) atoms. The van der Waals surface area contributed by atoms with Crippen LogP contribution >= 0.6 is 0 Å². The van der Waals surface area contributed by atoms with Crippen molar-refractivity contribution in [3.8, 4) is 0 Å². The maximum Gasteiger partial charge on any atom is 0.0123 e. The van der Waals surface area contributed by atoms with E-state index in [0.717, 1.165) is 18.0 Å². The van der Waals surface area contributed by atoms with Gasteiger partial charge in [-0.05, 0) is 45.6 Å². The first-order valence-corrected chi connectivity index (χ1v) is 5.51. The van der Waals surface area contributed by atoms with Crippen LogP contribution in [0.15, 0.2) is 0 Å². The summed E-state index contributed by atoms with van der Waals surface area (Å²) in [5.41, 5.74) is 0. The minimum atomic E-state index is 0.837. The largest absolute Gasteiger partial charge is 0.300 e. The van der Waals surface area contributed by atoms with Gasteiger partial charge in [0, 0.05) is 12.1 Å². The summed E-state index contributed by atoms with van der Waals surface area (Å²) in [6.45, 7) is 2.38. The second kappa shape index (κ2) is 3.37. The van der Waals surface area contributed by atoms with Crippen molar-refractivity contribution in [2.45, 2.75) is 57.5 Å². The highest BCUT2D eigenvalue weighted by atomic mass is 15.2. The lowest BCUT2D eigenvalue weighted by Gasteiger charge is -2.45. The van der Waals surface area contributed by atoms with E-state index in [-0.39, 0.29) is 0 Å². The molecule has 1 heterocycles. The first-order chi connectivity index (χ1) is 5.79. The van der Waals surface area contributed by atoms with Crippen molar-refractivity contribution in [3.05, 3.63) is 0 Å². The molecule has 3 atom stereocenters. The van der Waals surface area contributed by atoms with E-state index in [1.165, 1.54) is 38.5 Å². The third kappa shape index (κ3) is 1.39. The summed E-state index contributed by atoms with van der Waals surface area (Å²) in [5, 5.41) is 0. The van der Waals surface area contributed by atoms with Crippen LogP contribution in [-0.4, -0.2) is 24.0 Å². The van der Waals surface area contributed by atoms with Gasteiger partial charge in [-0.2, -0.15) is 0 Å². The Kier molecular flexibility index (Phi) is 2.40. The number of hydrogen-bond donors (Lipinski definition) is 0. The first-order valence-electron chi connectivity index (χ1n) is 5.51. The van der Waals surface area contributed by atoms with E-state index in [2.05, 4.69) is 18.9 Å². The van der Waals surface area contributed by atoms with E-state index < -0.39 is 0 Å². The van der Waals surface area contributed by atoms with Crippen LogP contribution in [0.25, 0.3) is 0 Å². The van der Waals surface area contributed by atoms with Crippen LogP contribution in [0.1, 0.15) is 45.4 Å². The van der Waals surface area contributed by atoms with Crippen molar-refractivity contribution >= 4 is 0 Å². The average Bonchev–Trinajstić information content (AvgIpc) is 2.12. The highest BCUT2D eigenvalue weighted by Gasteiger charge is 2.34. The molecule has 1 aliphatic heterocycles. The number of hydrogen-bond acceptors (Lipinski definition) is 1. The SMILES string of the molecule is CC1CCC2CCCCC2N1C. The zero-order chi connectivity index (χ0) is 8.55. The van der Waals surface area contributed by atoms with E-state index in [1.807, 2.05) is 0 Å². The predicted octanol–water partition coefficient (Wildman–Crippen LogP) is 2.66. The van der Waals surface area contributed by atoms with Crippen molar-refractivity contribution in [1.29, 1.82) is 0 Å². The first kappa shape index (κ1) is 8.55. The molecule has 2 aliphatic rings. The van der Waals surface area contributed by atoms with Gasteiger partial charge in [-0.1, -0.05) is 12.8 Å². The Balaban J connectivity index is 2.03. The molecule has 0 N–H and O–H groups in total. The number of piperidine rings is 1. The van der Waals surface area contributed by atoms with E-state index in [4.69, 9.17) is 0 Å². The van der Waals surface area contributed by atoms with Gasteiger partial charge in [0.1, 0.15) is 0 Å². The molecule has 0 aromatic heterocycles. The Morgan fingerprint density at radius 3 is 2.58 bits per heavy atom. The number of rotatable bonds is 0. The van der Waals surface area contributed by atoms with Crippen LogP contribution in [0.5, 0.6) is 0 Å². The fraction of sp³-hybridized carbons (Fsp3) is 1.00. The third-order valence-corrected chi connectivity index (χ3v) is 4.04. The van der Waals surface area contributed by atoms with Gasteiger partial charge in [0.25, 0.3) is 0 Å². The molecule has 70 valence electrons. The smallest absolute Gasteiger partial charge is 0.0123 e. The number of nitrogens with zero attached hydrogens (tertiary/aromatic N) is 1. The van der Waals surface area contributed by atoms with Crippen molar-refractivity contribution in [2.75, 3.05) is 7.05 Å². The molecule has 0 aromatic rings. The molecular weight excluding hydrogens is 146 g/mol. The monoisotopic (exact) mass is 167 g/mol. The van der Waals surface area contributed by atoms with Gasteiger partial charge < -0.3 is 4.90 Å². The van der Waals surface area contributed by atoms with Crippen molar-refractivity contribution in [3.63, 3.8) is 0 Å². The lowest BCUT2D eigenvalue weighted by Crippen LogP contribution is -2.48. The fourth-order valence-corrected chi connectivity index (χ4v) is 3.05. The van der Waals surface area contributed by atoms with Crippen molar-refractivity contribution in [1.82, 2.24) is 4.90 Å². The molecule has 1 heteroatoms. The van der Waals surface area contributed by atoms with Gasteiger partial charge in [-0.15, -0.1) is 0 Å². The summed E-state index contributed by atoms with van der Waals surface area (Å²) in [7, 11) is 2.33. The van der Waals surface area contributed by atoms with Crippen LogP contribution in [-0.2, 0) is 0 Å². The Morgan fingerprint density at radius 2 is 1.75 bits per heavy atom. The highest BCUT2D eigenvalue weighted by Crippen LogP contribution is 2.36. The Bertz CT molecular complexity index is 153. The molecule has 2 fully saturated rings. The fourth-order valence-electron chi connectivity index (χ4n) is 3.05. The normalized spacial score (nSPS) is 44.0. The highest BCUT2D eigenvalue weighted by molar-refractivity contribution is 4.88. The summed E-state index contributed by atoms with van der Waals surface area (Å²) in [4.78, 5) is 2.63. The van der Waals surface area contributed by atoms with Crippen molar-refractivity contribution < 1.29 is 0 Å². The van der Waals surface area contributed by atoms with Crippen molar-refractivity contribution in [2.24, 2.45) is 5.92 Å². The molecule has 3 unspecified atom stereocenters. The topological polar surface area (TPSA) is 3.24 Å². The van der Waals surface area contributed by atoms with E-state index in [9.17, 15) is 0 Å². The van der Waals surface area contributed by atoms with E-state index >= 15 is 0 Å². The molecule has 0 radical (unpaired) electrons. The van der Waals surface area contributed by atoms with Gasteiger partial charge in [0.15, 0.2) is 0 Å². The van der Waals surface area contributed by atoms with Gasteiger partial charge >= 0.3 is 0 Å². The summed E-state index contributed by atoms with van der Waals surface area (Å²) in [6.07, 6.45) is 8.85. The van der Waals surface area contributed by atoms with Gasteiger partial charge in [-0.25, -0.2) is 0 Å². The second-order valence-corrected chi connectivity index (χ2v) is 4.70. The standard InChI is InChI=1S/C11H21N/c1-9-7-8-10-5-3-4-6-11(10)12(9)2/h9-11H,3-8H2,1-2H3. The molecule has 1 saturated heterocycles. The van der Waals surface area contributed by atoms with E-state index in [1.54, 1.807) is 0 Å². The molecule has 0 bridgehead atoms. The lowest BCUT2D eigenvalue weighted by molar-refractivity contribution is 0.0447. The molecule has 0 aromatic carbocycles. The third-order valence-electron chi connectivity index (χ3n) is 4.04. The maximum absolute atomic E-state index is 2.63. The van der Waals surface area contributed by atoms with Gasteiger partial charge in [-0.3, -0.25) is 0 Å². The lowest BCUT2D eigenvalue weighted by atomic mass is 9.77. The minimum Gasteiger partial charge on any atom is -0.300 e. The summed E-state index contributed by atoms with van der Waals surface area (Å²) in [6, 6.07) is 1.77. The number of likely N-dealkylation sites (tertiary alicyclic amines) is 1. The molecule has 2 rings (SSSR count). The van der Waals surface area contributed by atoms with Crippen LogP contribution in [0.4, 0.5) is 0 Å². The number of fused-ring (bicyclic) bond motifs is 1. The molecular formula is C11H21N. The minimum absolute atomic E-state index is 0.837. The van der Waals surface area contributed by atoms with Gasteiger partial charge in [0.2, 0.25) is 0 Å². The van der Waals surface area contributed by atoms with Crippen LogP contribution < -0.4 is 0 Å². The predicted molar refractivity (Wildman–Crippen MR) is 52.2 cm³/mol. The summed E-state index contributed by atoms with van der Waals surface area (Å²) >= 11 is 0. The van der Waals surface area contributed by atoms with Crippen LogP contribution in [0.3, 0.4) is 0 Å². The zero-order valence-electron chi connectivity index (χ0n) is 8.42. The summed E-state index contributed by atoms with van der Waals surface area (Å²) in [5.74, 6) is 1.04. The average molecular weight is 167 g/mol. The second-order valence-electron chi connectivity index (χ2n) is 4.70. The molecule has 1 aliphatic carbocycles. The Hall–Kier alpha value is -0.0400. The molecule has 0 spiro atoms. The Labute approximate surface area is 76.1 Å². The summed E-state index contributed by atoms with van der Waals surface area (Å²) < 4.78 is 0. The van der Waals surface area contributed by atoms with Gasteiger partial charge in [0.05, 0.1) is 0 Å².